The topological polar surface area (TPSA) is 42.4 Å². The summed E-state index contributed by atoms with van der Waals surface area (Å²) in [6.45, 7) is -0.484. The lowest BCUT2D eigenvalue weighted by Gasteiger charge is -2.27. The average molecular weight is 777 g/mol. The van der Waals surface area contributed by atoms with Crippen molar-refractivity contribution in [1.82, 2.24) is 4.98 Å². The summed E-state index contributed by atoms with van der Waals surface area (Å²) in [6.07, 6.45) is 0. The molecule has 0 spiro atoms. The van der Waals surface area contributed by atoms with Crippen molar-refractivity contribution in [2.45, 2.75) is 0 Å². The Labute approximate surface area is 352 Å². The third-order valence-corrected chi connectivity index (χ3v) is 12.8. The van der Waals surface area contributed by atoms with Gasteiger partial charge in [0.15, 0.2) is 0 Å². The van der Waals surface area contributed by atoms with E-state index >= 15 is 0 Å². The summed E-state index contributed by atoms with van der Waals surface area (Å²) in [6, 6.07) is 73.6. The Hall–Kier alpha value is -7.82. The Balaban J connectivity index is 1.08. The van der Waals surface area contributed by atoms with Gasteiger partial charge in [0.1, 0.15) is 11.2 Å². The van der Waals surface area contributed by atoms with Crippen molar-refractivity contribution in [3.05, 3.63) is 206 Å². The number of furan rings is 2. The van der Waals surface area contributed by atoms with Crippen LogP contribution in [0.15, 0.2) is 215 Å². The van der Waals surface area contributed by atoms with Crippen LogP contribution in [0, 0.1) is 0 Å². The van der Waals surface area contributed by atoms with Crippen LogP contribution in [-0.4, -0.2) is 18.4 Å². The molecule has 0 amide bonds. The fraction of sp³-hybridized carbons (Fsp3) is 0. The summed E-state index contributed by atoms with van der Waals surface area (Å²) in [7, 11) is 0. The van der Waals surface area contributed by atoms with Gasteiger partial charge in [0.2, 0.25) is 0 Å². The first kappa shape index (κ1) is 34.1. The molecule has 1 aliphatic heterocycles. The second-order valence-corrected chi connectivity index (χ2v) is 16.2. The molecule has 0 aliphatic carbocycles. The Morgan fingerprint density at radius 1 is 0.361 bits per heavy atom. The van der Waals surface area contributed by atoms with E-state index in [2.05, 4.69) is 211 Å². The number of pyridine rings is 1. The fourth-order valence-electron chi connectivity index (χ4n) is 10.0. The molecule has 61 heavy (non-hydrogen) atoms. The van der Waals surface area contributed by atoms with E-state index in [4.69, 9.17) is 13.8 Å². The summed E-state index contributed by atoms with van der Waals surface area (Å²) in [5.74, 6) is 0. The molecular weight excluding hydrogens is 742 g/mol. The monoisotopic (exact) mass is 776 g/mol. The summed E-state index contributed by atoms with van der Waals surface area (Å²) in [5.41, 5.74) is 13.4. The van der Waals surface area contributed by atoms with Crippen LogP contribution in [0.5, 0.6) is 0 Å². The molecule has 0 N–H and O–H groups in total. The third kappa shape index (κ3) is 5.32. The molecule has 0 fully saturated rings. The first-order chi connectivity index (χ1) is 30.2. The quantitative estimate of drug-likeness (QED) is 0.129. The van der Waals surface area contributed by atoms with Crippen LogP contribution in [0.2, 0.25) is 0 Å². The van der Waals surface area contributed by atoms with E-state index in [0.29, 0.717) is 0 Å². The summed E-state index contributed by atoms with van der Waals surface area (Å²) in [4.78, 5) is 7.50. The molecule has 6 heteroatoms. The van der Waals surface area contributed by atoms with Gasteiger partial charge in [0.25, 0.3) is 13.4 Å². The first-order valence-corrected chi connectivity index (χ1v) is 20.9. The zero-order valence-corrected chi connectivity index (χ0v) is 33.0. The maximum atomic E-state index is 7.30. The number of benzene rings is 9. The van der Waals surface area contributed by atoms with E-state index < -0.39 is 0 Å². The molecular formula is C55H34B2N2O2. The SMILES string of the molecule is c1ccc(N(c2ccccc2)c2ccc(B3c4oc5ccc6cc7ccccc7cc6c5c4B(c4ccc5cc6ccccc6nc5c4)c4oc5ccccc5c43)cc2)cc1. The lowest BCUT2D eigenvalue weighted by Crippen LogP contribution is -2.73. The number of para-hydroxylation sites is 4. The van der Waals surface area contributed by atoms with Gasteiger partial charge in [-0.15, -0.1) is 0 Å². The molecule has 0 radical (unpaired) electrons. The van der Waals surface area contributed by atoms with E-state index in [-0.39, 0.29) is 13.4 Å². The lowest BCUT2D eigenvalue weighted by molar-refractivity contribution is 0.647. The van der Waals surface area contributed by atoms with Gasteiger partial charge in [-0.05, 0) is 111 Å². The van der Waals surface area contributed by atoms with Gasteiger partial charge in [-0.2, -0.15) is 0 Å². The van der Waals surface area contributed by atoms with Crippen LogP contribution >= 0.6 is 0 Å². The highest BCUT2D eigenvalue weighted by Gasteiger charge is 2.47. The first-order valence-electron chi connectivity index (χ1n) is 20.9. The molecule has 0 saturated carbocycles. The Kier molecular flexibility index (Phi) is 7.46. The molecule has 1 aliphatic rings. The average Bonchev–Trinajstić information content (AvgIpc) is 3.90. The minimum absolute atomic E-state index is 0.230. The number of nitrogens with zero attached hydrogens (tertiary/aromatic N) is 2. The molecule has 9 aromatic carbocycles. The smallest absolute Gasteiger partial charge is 0.290 e. The standard InChI is InChI=1S/C55H34B2N2O2/c1-3-16-42(17-4-1)59(43-18-5-2-6-19-43)44-28-26-40(27-29-44)56-52-45-20-10-12-22-49(45)60-54(52)57(41-25-23-39-32-38-15-9-11-21-47(38)58-48(39)34-41)53-51-46-33-36-14-8-7-13-35(36)31-37(46)24-30-50(51)61-55(53)56/h1-34H. The summed E-state index contributed by atoms with van der Waals surface area (Å²) in [5, 5.41) is 9.23. The Morgan fingerprint density at radius 3 is 1.70 bits per heavy atom. The maximum absolute atomic E-state index is 7.30. The van der Waals surface area contributed by atoms with Gasteiger partial charge in [0, 0.05) is 38.6 Å². The van der Waals surface area contributed by atoms with Gasteiger partial charge in [0.05, 0.1) is 22.4 Å². The van der Waals surface area contributed by atoms with Crippen molar-refractivity contribution < 1.29 is 8.83 Å². The molecule has 13 rings (SSSR count). The molecule has 0 saturated heterocycles. The van der Waals surface area contributed by atoms with Crippen molar-refractivity contribution in [2.75, 3.05) is 4.90 Å². The predicted octanol–water partition coefficient (Wildman–Crippen LogP) is 10.0. The Morgan fingerprint density at radius 2 is 0.918 bits per heavy atom. The van der Waals surface area contributed by atoms with Gasteiger partial charge < -0.3 is 13.7 Å². The molecule has 4 heterocycles. The summed E-state index contributed by atoms with van der Waals surface area (Å²) < 4.78 is 14.5. The van der Waals surface area contributed by atoms with Crippen molar-refractivity contribution >= 4 is 129 Å². The van der Waals surface area contributed by atoms with E-state index in [1.165, 1.54) is 21.5 Å². The molecule has 3 aromatic heterocycles. The largest absolute Gasteiger partial charge is 0.471 e. The van der Waals surface area contributed by atoms with Crippen LogP contribution in [0.3, 0.4) is 0 Å². The maximum Gasteiger partial charge on any atom is 0.290 e. The second-order valence-electron chi connectivity index (χ2n) is 16.2. The predicted molar refractivity (Wildman–Crippen MR) is 257 cm³/mol. The highest BCUT2D eigenvalue weighted by Crippen LogP contribution is 2.35. The van der Waals surface area contributed by atoms with Crippen molar-refractivity contribution in [1.29, 1.82) is 0 Å². The highest BCUT2D eigenvalue weighted by atomic mass is 16.3. The molecule has 4 nitrogen and oxygen atoms in total. The molecule has 12 aromatic rings. The minimum Gasteiger partial charge on any atom is -0.471 e. The van der Waals surface area contributed by atoms with Gasteiger partial charge in [-0.25, -0.2) is 4.98 Å². The third-order valence-electron chi connectivity index (χ3n) is 12.8. The number of fused-ring (bicyclic) bond motifs is 11. The van der Waals surface area contributed by atoms with Crippen molar-refractivity contribution in [2.24, 2.45) is 0 Å². The van der Waals surface area contributed by atoms with Crippen LogP contribution < -0.4 is 38.1 Å². The van der Waals surface area contributed by atoms with Crippen LogP contribution in [0.1, 0.15) is 0 Å². The van der Waals surface area contributed by atoms with Gasteiger partial charge >= 0.3 is 0 Å². The second kappa shape index (κ2) is 13.4. The zero-order chi connectivity index (χ0) is 40.0. The normalized spacial score (nSPS) is 12.5. The van der Waals surface area contributed by atoms with E-state index in [0.717, 1.165) is 94.0 Å². The fourth-order valence-corrected chi connectivity index (χ4v) is 10.0. The lowest BCUT2D eigenvalue weighted by atomic mass is 9.24. The van der Waals surface area contributed by atoms with E-state index in [1.54, 1.807) is 0 Å². The van der Waals surface area contributed by atoms with Crippen molar-refractivity contribution in [3.8, 4) is 0 Å². The molecule has 282 valence electrons. The number of hydrogen-bond acceptors (Lipinski definition) is 4. The van der Waals surface area contributed by atoms with E-state index in [9.17, 15) is 0 Å². The van der Waals surface area contributed by atoms with E-state index in [1.807, 2.05) is 0 Å². The van der Waals surface area contributed by atoms with Crippen LogP contribution in [0.25, 0.3) is 65.3 Å². The molecule has 0 bridgehead atoms. The molecule has 0 atom stereocenters. The highest BCUT2D eigenvalue weighted by molar-refractivity contribution is 7.12. The number of hydrogen-bond donors (Lipinski definition) is 0. The summed E-state index contributed by atoms with van der Waals surface area (Å²) >= 11 is 0. The van der Waals surface area contributed by atoms with Gasteiger partial charge in [-0.1, -0.05) is 138 Å². The van der Waals surface area contributed by atoms with Gasteiger partial charge in [-0.3, -0.25) is 0 Å². The number of rotatable bonds is 5. The van der Waals surface area contributed by atoms with Crippen molar-refractivity contribution in [3.63, 3.8) is 0 Å². The molecule has 0 unspecified atom stereocenters. The number of aromatic nitrogens is 1. The zero-order valence-electron chi connectivity index (χ0n) is 33.0. The Bertz CT molecular complexity index is 3630. The van der Waals surface area contributed by atoms with Crippen LogP contribution in [0.4, 0.5) is 17.1 Å². The minimum atomic E-state index is -0.254. The van der Waals surface area contributed by atoms with Crippen LogP contribution in [-0.2, 0) is 0 Å². The number of anilines is 3.